The number of hydrogen-bond acceptors (Lipinski definition) is 5. The Hall–Kier alpha value is -2.96. The highest BCUT2D eigenvalue weighted by Gasteiger charge is 2.16. The van der Waals surface area contributed by atoms with Crippen LogP contribution in [0, 0.1) is 0 Å². The number of thiazole rings is 1. The van der Waals surface area contributed by atoms with Crippen molar-refractivity contribution in [2.45, 2.75) is 4.90 Å². The number of anilines is 2. The molecule has 6 heteroatoms. The molecule has 140 valence electrons. The summed E-state index contributed by atoms with van der Waals surface area (Å²) < 4.78 is 23.5. The fourth-order valence-corrected chi connectivity index (χ4v) is 4.50. The van der Waals surface area contributed by atoms with Gasteiger partial charge in [-0.25, -0.2) is 13.4 Å². The molecule has 0 aliphatic rings. The summed E-state index contributed by atoms with van der Waals surface area (Å²) in [5, 5.41) is 4.14. The van der Waals surface area contributed by atoms with E-state index in [1.807, 2.05) is 72.8 Å². The maximum absolute atomic E-state index is 11.8. The molecule has 0 saturated carbocycles. The van der Waals surface area contributed by atoms with Crippen LogP contribution in [0.1, 0.15) is 0 Å². The monoisotopic (exact) mass is 406 g/mol. The smallest absolute Gasteiger partial charge is 0.188 e. The molecular weight excluding hydrogens is 388 g/mol. The van der Waals surface area contributed by atoms with E-state index in [1.165, 1.54) is 6.26 Å². The average Bonchev–Trinajstić information content (AvgIpc) is 3.13. The lowest BCUT2D eigenvalue weighted by Gasteiger charge is -2.04. The standard InChI is InChI=1S/C22H18N2O2S2/c1-28(25,26)19-14-12-16(13-15-19)20-21(17-8-4-2-5-9-17)27-22(24-20)23-18-10-6-3-7-11-18/h2-15H,1H3,(H,23,24). The van der Waals surface area contributed by atoms with Gasteiger partial charge >= 0.3 is 0 Å². The molecule has 0 saturated heterocycles. The third kappa shape index (κ3) is 3.98. The van der Waals surface area contributed by atoms with Crippen LogP contribution in [0.5, 0.6) is 0 Å². The Morgan fingerprint density at radius 3 is 2.00 bits per heavy atom. The summed E-state index contributed by atoms with van der Waals surface area (Å²) in [5.41, 5.74) is 3.75. The summed E-state index contributed by atoms with van der Waals surface area (Å²) >= 11 is 1.57. The average molecular weight is 407 g/mol. The van der Waals surface area contributed by atoms with E-state index in [-0.39, 0.29) is 0 Å². The fourth-order valence-electron chi connectivity index (χ4n) is 2.86. The van der Waals surface area contributed by atoms with Crippen LogP contribution >= 0.6 is 11.3 Å². The first-order valence-corrected chi connectivity index (χ1v) is 11.4. The third-order valence-corrected chi connectivity index (χ3v) is 6.39. The molecule has 0 spiro atoms. The van der Waals surface area contributed by atoms with Crippen LogP contribution in [-0.2, 0) is 9.84 Å². The maximum atomic E-state index is 11.8. The number of para-hydroxylation sites is 1. The van der Waals surface area contributed by atoms with Crippen molar-refractivity contribution >= 4 is 32.0 Å². The molecule has 3 aromatic carbocycles. The van der Waals surface area contributed by atoms with Gasteiger partial charge in [-0.1, -0.05) is 72.0 Å². The van der Waals surface area contributed by atoms with E-state index in [2.05, 4.69) is 5.32 Å². The Morgan fingerprint density at radius 2 is 1.39 bits per heavy atom. The van der Waals surface area contributed by atoms with Crippen molar-refractivity contribution < 1.29 is 8.42 Å². The third-order valence-electron chi connectivity index (χ3n) is 4.24. The Bertz CT molecular complexity index is 1180. The molecule has 4 nitrogen and oxygen atoms in total. The molecule has 0 amide bonds. The fraction of sp³-hybridized carbons (Fsp3) is 0.0455. The van der Waals surface area contributed by atoms with Gasteiger partial charge < -0.3 is 5.32 Å². The number of rotatable bonds is 5. The Kier molecular flexibility index (Phi) is 4.98. The van der Waals surface area contributed by atoms with Crippen molar-refractivity contribution in [3.8, 4) is 21.7 Å². The number of nitrogens with zero attached hydrogens (tertiary/aromatic N) is 1. The van der Waals surface area contributed by atoms with E-state index in [9.17, 15) is 8.42 Å². The quantitative estimate of drug-likeness (QED) is 0.467. The minimum Gasteiger partial charge on any atom is -0.332 e. The summed E-state index contributed by atoms with van der Waals surface area (Å²) in [6.45, 7) is 0. The lowest BCUT2D eigenvalue weighted by molar-refractivity contribution is 0.602. The lowest BCUT2D eigenvalue weighted by atomic mass is 10.1. The van der Waals surface area contributed by atoms with E-state index >= 15 is 0 Å². The van der Waals surface area contributed by atoms with Crippen molar-refractivity contribution in [3.63, 3.8) is 0 Å². The van der Waals surface area contributed by atoms with Crippen molar-refractivity contribution in [1.29, 1.82) is 0 Å². The predicted octanol–water partition coefficient (Wildman–Crippen LogP) is 5.62. The van der Waals surface area contributed by atoms with Gasteiger partial charge in [0.15, 0.2) is 15.0 Å². The molecule has 0 aliphatic heterocycles. The first-order chi connectivity index (χ1) is 13.5. The number of nitrogens with one attached hydrogen (secondary N) is 1. The van der Waals surface area contributed by atoms with Gasteiger partial charge in [0.05, 0.1) is 15.5 Å². The highest BCUT2D eigenvalue weighted by atomic mass is 32.2. The molecule has 0 radical (unpaired) electrons. The van der Waals surface area contributed by atoms with E-state index in [0.717, 1.165) is 32.5 Å². The highest BCUT2D eigenvalue weighted by Crippen LogP contribution is 2.40. The summed E-state index contributed by atoms with van der Waals surface area (Å²) in [5.74, 6) is 0. The molecule has 4 aromatic rings. The predicted molar refractivity (Wildman–Crippen MR) is 116 cm³/mol. The molecule has 1 heterocycles. The molecule has 0 bridgehead atoms. The Balaban J connectivity index is 1.78. The van der Waals surface area contributed by atoms with E-state index in [4.69, 9.17) is 4.98 Å². The van der Waals surface area contributed by atoms with Crippen LogP contribution in [0.2, 0.25) is 0 Å². The second kappa shape index (κ2) is 7.58. The van der Waals surface area contributed by atoms with Crippen molar-refractivity contribution in [3.05, 3.63) is 84.9 Å². The van der Waals surface area contributed by atoms with Gasteiger partial charge in [0.1, 0.15) is 0 Å². The first-order valence-electron chi connectivity index (χ1n) is 8.69. The molecule has 28 heavy (non-hydrogen) atoms. The molecule has 4 rings (SSSR count). The van der Waals surface area contributed by atoms with Gasteiger partial charge in [0, 0.05) is 17.5 Å². The van der Waals surface area contributed by atoms with Crippen molar-refractivity contribution in [1.82, 2.24) is 4.98 Å². The van der Waals surface area contributed by atoms with Crippen LogP contribution in [0.25, 0.3) is 21.7 Å². The van der Waals surface area contributed by atoms with Crippen LogP contribution in [-0.4, -0.2) is 19.7 Å². The zero-order chi connectivity index (χ0) is 19.6. The van der Waals surface area contributed by atoms with Gasteiger partial charge in [-0.15, -0.1) is 0 Å². The van der Waals surface area contributed by atoms with Crippen LogP contribution in [0.4, 0.5) is 10.8 Å². The topological polar surface area (TPSA) is 59.1 Å². The van der Waals surface area contributed by atoms with Gasteiger partial charge in [0.2, 0.25) is 0 Å². The maximum Gasteiger partial charge on any atom is 0.188 e. The summed E-state index contributed by atoms with van der Waals surface area (Å²) in [6.07, 6.45) is 1.21. The molecule has 1 N–H and O–H groups in total. The number of benzene rings is 3. The minimum atomic E-state index is -3.23. The minimum absolute atomic E-state index is 0.301. The number of aromatic nitrogens is 1. The summed E-state index contributed by atoms with van der Waals surface area (Å²) in [7, 11) is -3.23. The Morgan fingerprint density at radius 1 is 0.786 bits per heavy atom. The zero-order valence-electron chi connectivity index (χ0n) is 15.2. The molecule has 0 aliphatic carbocycles. The van der Waals surface area contributed by atoms with Gasteiger partial charge in [-0.3, -0.25) is 0 Å². The largest absolute Gasteiger partial charge is 0.332 e. The van der Waals surface area contributed by atoms with Gasteiger partial charge in [-0.2, -0.15) is 0 Å². The highest BCUT2D eigenvalue weighted by molar-refractivity contribution is 7.90. The van der Waals surface area contributed by atoms with E-state index in [0.29, 0.717) is 4.90 Å². The van der Waals surface area contributed by atoms with Crippen LogP contribution in [0.3, 0.4) is 0 Å². The number of hydrogen-bond donors (Lipinski definition) is 1. The Labute approximate surface area is 168 Å². The normalized spacial score (nSPS) is 11.3. The van der Waals surface area contributed by atoms with Crippen LogP contribution < -0.4 is 5.32 Å². The first kappa shape index (κ1) is 18.4. The molecule has 0 atom stereocenters. The number of sulfone groups is 1. The summed E-state index contributed by atoms with van der Waals surface area (Å²) in [6, 6.07) is 26.8. The lowest BCUT2D eigenvalue weighted by Crippen LogP contribution is -1.96. The van der Waals surface area contributed by atoms with Crippen LogP contribution in [0.15, 0.2) is 89.8 Å². The SMILES string of the molecule is CS(=O)(=O)c1ccc(-c2nc(Nc3ccccc3)sc2-c2ccccc2)cc1. The molecule has 0 fully saturated rings. The second-order valence-corrected chi connectivity index (χ2v) is 9.37. The molecule has 1 aromatic heterocycles. The van der Waals surface area contributed by atoms with Gasteiger partial charge in [-0.05, 0) is 29.8 Å². The molecular formula is C22H18N2O2S2. The second-order valence-electron chi connectivity index (χ2n) is 6.35. The summed E-state index contributed by atoms with van der Waals surface area (Å²) in [4.78, 5) is 6.14. The van der Waals surface area contributed by atoms with E-state index in [1.54, 1.807) is 23.5 Å². The van der Waals surface area contributed by atoms with Crippen molar-refractivity contribution in [2.24, 2.45) is 0 Å². The zero-order valence-corrected chi connectivity index (χ0v) is 16.8. The van der Waals surface area contributed by atoms with Gasteiger partial charge in [0.25, 0.3) is 0 Å². The molecule has 0 unspecified atom stereocenters. The van der Waals surface area contributed by atoms with E-state index < -0.39 is 9.84 Å². The van der Waals surface area contributed by atoms with Crippen molar-refractivity contribution in [2.75, 3.05) is 11.6 Å².